The van der Waals surface area contributed by atoms with Crippen molar-refractivity contribution in [3.05, 3.63) is 83.3 Å². The first-order chi connectivity index (χ1) is 14.8. The summed E-state index contributed by atoms with van der Waals surface area (Å²) in [6.07, 6.45) is 1.40. The van der Waals surface area contributed by atoms with Crippen molar-refractivity contribution in [2.45, 2.75) is 18.7 Å². The van der Waals surface area contributed by atoms with Crippen LogP contribution in [0.25, 0.3) is 0 Å². The topological polar surface area (TPSA) is 118 Å². The van der Waals surface area contributed by atoms with Gasteiger partial charge in [-0.3, -0.25) is 14.3 Å². The Morgan fingerprint density at radius 1 is 0.871 bits per heavy atom. The maximum absolute atomic E-state index is 12.7. The van der Waals surface area contributed by atoms with Crippen molar-refractivity contribution in [1.29, 1.82) is 0 Å². The van der Waals surface area contributed by atoms with E-state index in [0.717, 1.165) is 11.1 Å². The molecule has 162 valence electrons. The van der Waals surface area contributed by atoms with Crippen LogP contribution >= 0.6 is 0 Å². The largest absolute Gasteiger partial charge is 0.459 e. The fourth-order valence-corrected chi connectivity index (χ4v) is 3.92. The Kier molecular flexibility index (Phi) is 6.76. The SMILES string of the molecule is Cc1cccc(NS(=O)(=O)c2ccc(C(=O)NCCNC(=O)c3ccco3)cc2)c1C. The zero-order valence-corrected chi connectivity index (χ0v) is 18.0. The molecule has 31 heavy (non-hydrogen) atoms. The second-order valence-corrected chi connectivity index (χ2v) is 8.55. The molecule has 0 unspecified atom stereocenters. The van der Waals surface area contributed by atoms with Gasteiger partial charge in [0.05, 0.1) is 16.8 Å². The molecule has 2 amide bonds. The summed E-state index contributed by atoms with van der Waals surface area (Å²) >= 11 is 0. The molecular weight excluding hydrogens is 418 g/mol. The molecule has 3 rings (SSSR count). The predicted octanol–water partition coefficient (Wildman–Crippen LogP) is 2.86. The Bertz CT molecular complexity index is 1170. The molecule has 1 heterocycles. The average Bonchev–Trinajstić information content (AvgIpc) is 3.29. The van der Waals surface area contributed by atoms with Crippen LogP contribution in [0.5, 0.6) is 0 Å². The molecule has 2 aromatic carbocycles. The Hall–Kier alpha value is -3.59. The normalized spacial score (nSPS) is 11.0. The minimum atomic E-state index is -3.79. The molecule has 0 atom stereocenters. The summed E-state index contributed by atoms with van der Waals surface area (Å²) < 4.78 is 32.9. The number of carbonyl (C=O) groups excluding carboxylic acids is 2. The second-order valence-electron chi connectivity index (χ2n) is 6.87. The number of aryl methyl sites for hydroxylation is 1. The maximum Gasteiger partial charge on any atom is 0.287 e. The van der Waals surface area contributed by atoms with E-state index in [4.69, 9.17) is 4.42 Å². The molecule has 1 aromatic heterocycles. The van der Waals surface area contributed by atoms with Gasteiger partial charge in [0.2, 0.25) is 0 Å². The number of amides is 2. The van der Waals surface area contributed by atoms with Gasteiger partial charge in [-0.2, -0.15) is 0 Å². The smallest absolute Gasteiger partial charge is 0.287 e. The van der Waals surface area contributed by atoms with Gasteiger partial charge in [0.15, 0.2) is 5.76 Å². The highest BCUT2D eigenvalue weighted by Crippen LogP contribution is 2.22. The minimum Gasteiger partial charge on any atom is -0.459 e. The molecule has 0 aliphatic rings. The molecule has 0 aliphatic heterocycles. The van der Waals surface area contributed by atoms with Crippen LogP contribution in [0.15, 0.2) is 70.2 Å². The van der Waals surface area contributed by atoms with Crippen LogP contribution < -0.4 is 15.4 Å². The minimum absolute atomic E-state index is 0.0515. The van der Waals surface area contributed by atoms with E-state index in [1.165, 1.54) is 30.5 Å². The van der Waals surface area contributed by atoms with Crippen LogP contribution in [0.3, 0.4) is 0 Å². The van der Waals surface area contributed by atoms with E-state index in [9.17, 15) is 18.0 Å². The number of benzene rings is 2. The van der Waals surface area contributed by atoms with Crippen LogP contribution in [-0.2, 0) is 10.0 Å². The van der Waals surface area contributed by atoms with E-state index in [2.05, 4.69) is 15.4 Å². The van der Waals surface area contributed by atoms with Gasteiger partial charge in [0.25, 0.3) is 21.8 Å². The summed E-state index contributed by atoms with van der Waals surface area (Å²) in [7, 11) is -3.79. The first kappa shape index (κ1) is 22.1. The van der Waals surface area contributed by atoms with Crippen molar-refractivity contribution in [2.75, 3.05) is 17.8 Å². The highest BCUT2D eigenvalue weighted by molar-refractivity contribution is 7.92. The van der Waals surface area contributed by atoms with Crippen molar-refractivity contribution in [3.8, 4) is 0 Å². The molecule has 0 bridgehead atoms. The molecule has 8 nitrogen and oxygen atoms in total. The first-order valence-electron chi connectivity index (χ1n) is 9.57. The lowest BCUT2D eigenvalue weighted by Crippen LogP contribution is -2.34. The molecule has 0 aliphatic carbocycles. The molecule has 0 spiro atoms. The zero-order chi connectivity index (χ0) is 22.4. The molecule has 9 heteroatoms. The first-order valence-corrected chi connectivity index (χ1v) is 11.1. The van der Waals surface area contributed by atoms with Gasteiger partial charge >= 0.3 is 0 Å². The summed E-state index contributed by atoms with van der Waals surface area (Å²) in [5, 5.41) is 5.28. The number of sulfonamides is 1. The summed E-state index contributed by atoms with van der Waals surface area (Å²) in [5.41, 5.74) is 2.65. The summed E-state index contributed by atoms with van der Waals surface area (Å²) in [6, 6.07) is 14.2. The molecule has 3 N–H and O–H groups in total. The molecule has 0 fully saturated rings. The van der Waals surface area contributed by atoms with E-state index in [1.807, 2.05) is 19.9 Å². The number of nitrogens with one attached hydrogen (secondary N) is 3. The number of carbonyl (C=O) groups is 2. The fraction of sp³-hybridized carbons (Fsp3) is 0.182. The Morgan fingerprint density at radius 2 is 1.55 bits per heavy atom. The Balaban J connectivity index is 1.55. The molecule has 0 saturated carbocycles. The van der Waals surface area contributed by atoms with Gasteiger partial charge in [-0.15, -0.1) is 0 Å². The highest BCUT2D eigenvalue weighted by atomic mass is 32.2. The third-order valence-corrected chi connectivity index (χ3v) is 6.10. The maximum atomic E-state index is 12.7. The van der Waals surface area contributed by atoms with Gasteiger partial charge in [0, 0.05) is 18.7 Å². The van der Waals surface area contributed by atoms with E-state index in [1.54, 1.807) is 24.3 Å². The summed E-state index contributed by atoms with van der Waals surface area (Å²) in [4.78, 5) is 24.0. The van der Waals surface area contributed by atoms with E-state index >= 15 is 0 Å². The van der Waals surface area contributed by atoms with E-state index in [0.29, 0.717) is 11.3 Å². The molecular formula is C22H23N3O5S. The van der Waals surface area contributed by atoms with Gasteiger partial charge in [-0.05, 0) is 67.4 Å². The van der Waals surface area contributed by atoms with Crippen molar-refractivity contribution in [3.63, 3.8) is 0 Å². The van der Waals surface area contributed by atoms with Gasteiger partial charge < -0.3 is 15.1 Å². The highest BCUT2D eigenvalue weighted by Gasteiger charge is 2.16. The van der Waals surface area contributed by atoms with Crippen LogP contribution in [0.4, 0.5) is 5.69 Å². The lowest BCUT2D eigenvalue weighted by molar-refractivity contribution is 0.0910. The van der Waals surface area contributed by atoms with Gasteiger partial charge in [-0.25, -0.2) is 8.42 Å². The molecule has 0 saturated heterocycles. The third kappa shape index (κ3) is 5.52. The number of anilines is 1. The lowest BCUT2D eigenvalue weighted by Gasteiger charge is -2.12. The van der Waals surface area contributed by atoms with Crippen LogP contribution in [0.1, 0.15) is 32.0 Å². The predicted molar refractivity (Wildman–Crippen MR) is 117 cm³/mol. The second kappa shape index (κ2) is 9.48. The number of rotatable bonds is 8. The van der Waals surface area contributed by atoms with E-state index in [-0.39, 0.29) is 35.6 Å². The average molecular weight is 442 g/mol. The molecule has 3 aromatic rings. The summed E-state index contributed by atoms with van der Waals surface area (Å²) in [5.74, 6) is -0.554. The van der Waals surface area contributed by atoms with Crippen LogP contribution in [-0.4, -0.2) is 33.3 Å². The zero-order valence-electron chi connectivity index (χ0n) is 17.1. The van der Waals surface area contributed by atoms with E-state index < -0.39 is 10.0 Å². The Labute approximate surface area is 180 Å². The van der Waals surface area contributed by atoms with Gasteiger partial charge in [0.1, 0.15) is 0 Å². The van der Waals surface area contributed by atoms with Crippen molar-refractivity contribution >= 4 is 27.5 Å². The number of hydrogen-bond donors (Lipinski definition) is 3. The molecule has 0 radical (unpaired) electrons. The lowest BCUT2D eigenvalue weighted by atomic mass is 10.1. The standard InChI is InChI=1S/C22H23N3O5S/c1-15-5-3-6-19(16(15)2)25-31(28,29)18-10-8-17(9-11-18)21(26)23-12-13-24-22(27)20-7-4-14-30-20/h3-11,14,25H,12-13H2,1-2H3,(H,23,26)(H,24,27). The van der Waals surface area contributed by atoms with Crippen LogP contribution in [0.2, 0.25) is 0 Å². The summed E-state index contributed by atoms with van der Waals surface area (Å²) in [6.45, 7) is 4.18. The fourth-order valence-electron chi connectivity index (χ4n) is 2.80. The monoisotopic (exact) mass is 441 g/mol. The third-order valence-electron chi connectivity index (χ3n) is 4.72. The Morgan fingerprint density at radius 3 is 2.19 bits per heavy atom. The van der Waals surface area contributed by atoms with Crippen LogP contribution in [0, 0.1) is 13.8 Å². The van der Waals surface area contributed by atoms with Crippen molar-refractivity contribution in [1.82, 2.24) is 10.6 Å². The quantitative estimate of drug-likeness (QED) is 0.465. The van der Waals surface area contributed by atoms with Crippen molar-refractivity contribution in [2.24, 2.45) is 0 Å². The van der Waals surface area contributed by atoms with Gasteiger partial charge in [-0.1, -0.05) is 12.1 Å². The number of furan rings is 1. The number of hydrogen-bond acceptors (Lipinski definition) is 5. The van der Waals surface area contributed by atoms with Crippen molar-refractivity contribution < 1.29 is 22.4 Å².